The summed E-state index contributed by atoms with van der Waals surface area (Å²) in [6.45, 7) is 5.85. The highest BCUT2D eigenvalue weighted by Gasteiger charge is 2.15. The topological polar surface area (TPSA) is 58.9 Å². The van der Waals surface area contributed by atoms with Gasteiger partial charge in [-0.15, -0.1) is 0 Å². The van der Waals surface area contributed by atoms with Gasteiger partial charge in [0.05, 0.1) is 13.2 Å². The number of unbranched alkanes of at least 4 members (excludes halogenated alkanes) is 18. The van der Waals surface area contributed by atoms with Crippen LogP contribution in [0.15, 0.2) is 60.7 Å². The Labute approximate surface area is 304 Å². The second-order valence-corrected chi connectivity index (χ2v) is 13.8. The van der Waals surface area contributed by atoms with Crippen LogP contribution in [0.3, 0.4) is 0 Å². The molecule has 0 aliphatic rings. The summed E-state index contributed by atoms with van der Waals surface area (Å²) in [6, 6.07) is 18.7. The van der Waals surface area contributed by atoms with Gasteiger partial charge in [-0.05, 0) is 48.2 Å². The molecule has 4 heteroatoms. The third-order valence-electron chi connectivity index (χ3n) is 9.36. The van der Waals surface area contributed by atoms with Gasteiger partial charge in [-0.1, -0.05) is 190 Å². The van der Waals surface area contributed by atoms with E-state index in [0.29, 0.717) is 13.2 Å². The predicted octanol–water partition coefficient (Wildman–Crippen LogP) is 14.0. The first-order valence-corrected chi connectivity index (χ1v) is 20.0. The summed E-state index contributed by atoms with van der Waals surface area (Å²) in [5, 5.41) is 19.5. The molecule has 2 N–H and O–H groups in total. The Morgan fingerprint density at radius 3 is 1.00 bits per heavy atom. The highest BCUT2D eigenvalue weighted by Crippen LogP contribution is 2.38. The van der Waals surface area contributed by atoms with Gasteiger partial charge < -0.3 is 19.7 Å². The van der Waals surface area contributed by atoms with Crippen molar-refractivity contribution in [2.24, 2.45) is 0 Å². The van der Waals surface area contributed by atoms with E-state index in [2.05, 4.69) is 50.3 Å². The standard InChI is InChI=1S/C46H66O4/c1-3-5-7-9-11-13-15-17-19-21-37-49-45-41(29-23-39-25-33-43(47)34-26-39)31-32-42(30-24-40-27-35-44(48)36-28-40)46(45)50-38-22-20-18-16-14-12-10-8-6-4-2/h23-36,47-48H,3-22,37-38H2,1-2H3. The van der Waals surface area contributed by atoms with Crippen LogP contribution in [0.25, 0.3) is 24.3 Å². The molecule has 0 aliphatic heterocycles. The van der Waals surface area contributed by atoms with E-state index in [1.165, 1.54) is 116 Å². The maximum Gasteiger partial charge on any atom is 0.168 e. The molecule has 4 nitrogen and oxygen atoms in total. The molecule has 0 heterocycles. The van der Waals surface area contributed by atoms with Crippen LogP contribution in [0, 0.1) is 0 Å². The van der Waals surface area contributed by atoms with Crippen molar-refractivity contribution in [3.63, 3.8) is 0 Å². The highest BCUT2D eigenvalue weighted by molar-refractivity contribution is 5.80. The average molecular weight is 683 g/mol. The molecule has 0 spiro atoms. The van der Waals surface area contributed by atoms with Gasteiger partial charge in [0.15, 0.2) is 11.5 Å². The Kier molecular flexibility index (Phi) is 21.4. The summed E-state index contributed by atoms with van der Waals surface area (Å²) in [5.41, 5.74) is 3.97. The van der Waals surface area contributed by atoms with Gasteiger partial charge >= 0.3 is 0 Å². The van der Waals surface area contributed by atoms with Gasteiger partial charge in [-0.2, -0.15) is 0 Å². The molecule has 0 atom stereocenters. The SMILES string of the molecule is CCCCCCCCCCCCOc1c(C=Cc2ccc(O)cc2)ccc(C=Cc2ccc(O)cc2)c1OCCCCCCCCCCCC. The number of aromatic hydroxyl groups is 2. The van der Waals surface area contributed by atoms with Crippen molar-refractivity contribution in [3.05, 3.63) is 82.9 Å². The molecule has 0 aromatic heterocycles. The third kappa shape index (κ3) is 17.3. The Morgan fingerprint density at radius 2 is 0.680 bits per heavy atom. The van der Waals surface area contributed by atoms with Crippen molar-refractivity contribution in [1.82, 2.24) is 0 Å². The van der Waals surface area contributed by atoms with Crippen molar-refractivity contribution in [3.8, 4) is 23.0 Å². The van der Waals surface area contributed by atoms with E-state index in [0.717, 1.165) is 46.6 Å². The molecule has 0 aliphatic carbocycles. The van der Waals surface area contributed by atoms with E-state index in [4.69, 9.17) is 9.47 Å². The normalized spacial score (nSPS) is 11.6. The van der Waals surface area contributed by atoms with E-state index < -0.39 is 0 Å². The smallest absolute Gasteiger partial charge is 0.168 e. The van der Waals surface area contributed by atoms with Gasteiger partial charge in [-0.3, -0.25) is 0 Å². The van der Waals surface area contributed by atoms with Crippen LogP contribution in [0.2, 0.25) is 0 Å². The number of phenols is 2. The first kappa shape index (κ1) is 40.8. The number of rotatable bonds is 28. The van der Waals surface area contributed by atoms with Crippen LogP contribution in [0.5, 0.6) is 23.0 Å². The first-order chi connectivity index (χ1) is 24.6. The molecule has 50 heavy (non-hydrogen) atoms. The maximum absolute atomic E-state index is 9.75. The summed E-state index contributed by atoms with van der Waals surface area (Å²) >= 11 is 0. The summed E-state index contributed by atoms with van der Waals surface area (Å²) in [4.78, 5) is 0. The Morgan fingerprint density at radius 1 is 0.380 bits per heavy atom. The van der Waals surface area contributed by atoms with E-state index in [9.17, 15) is 10.2 Å². The molecule has 0 amide bonds. The molecule has 0 bridgehead atoms. The molecule has 3 aromatic carbocycles. The molecule has 3 rings (SSSR count). The maximum atomic E-state index is 9.75. The highest BCUT2D eigenvalue weighted by atomic mass is 16.5. The number of hydrogen-bond acceptors (Lipinski definition) is 4. The quantitative estimate of drug-likeness (QED) is 0.0591. The molecular weight excluding hydrogens is 617 g/mol. The summed E-state index contributed by atoms with van der Waals surface area (Å²) < 4.78 is 13.2. The fourth-order valence-corrected chi connectivity index (χ4v) is 6.22. The average Bonchev–Trinajstić information content (AvgIpc) is 3.13. The molecule has 0 radical (unpaired) electrons. The second-order valence-electron chi connectivity index (χ2n) is 13.8. The summed E-state index contributed by atoms with van der Waals surface area (Å²) in [5.74, 6) is 2.09. The molecule has 274 valence electrons. The molecule has 0 saturated carbocycles. The van der Waals surface area contributed by atoms with Gasteiger partial charge in [-0.25, -0.2) is 0 Å². The largest absolute Gasteiger partial charge is 0.508 e. The van der Waals surface area contributed by atoms with Crippen molar-refractivity contribution < 1.29 is 19.7 Å². The first-order valence-electron chi connectivity index (χ1n) is 20.0. The fourth-order valence-electron chi connectivity index (χ4n) is 6.22. The molecule has 0 unspecified atom stereocenters. The van der Waals surface area contributed by atoms with E-state index >= 15 is 0 Å². The minimum Gasteiger partial charge on any atom is -0.508 e. The second kappa shape index (κ2) is 26.2. The van der Waals surface area contributed by atoms with E-state index in [-0.39, 0.29) is 11.5 Å². The van der Waals surface area contributed by atoms with Crippen molar-refractivity contribution in [1.29, 1.82) is 0 Å². The number of hydrogen-bond donors (Lipinski definition) is 2. The lowest BCUT2D eigenvalue weighted by molar-refractivity contribution is 0.257. The van der Waals surface area contributed by atoms with Crippen LogP contribution in [0.4, 0.5) is 0 Å². The van der Waals surface area contributed by atoms with E-state index in [1.807, 2.05) is 24.3 Å². The van der Waals surface area contributed by atoms with Crippen LogP contribution in [0.1, 0.15) is 165 Å². The lowest BCUT2D eigenvalue weighted by atomic mass is 10.0. The summed E-state index contributed by atoms with van der Waals surface area (Å²) in [7, 11) is 0. The van der Waals surface area contributed by atoms with Crippen LogP contribution in [-0.2, 0) is 0 Å². The monoisotopic (exact) mass is 682 g/mol. The Bertz CT molecular complexity index is 1240. The molecule has 0 saturated heterocycles. The number of ether oxygens (including phenoxy) is 2. The zero-order valence-corrected chi connectivity index (χ0v) is 31.4. The molecule has 3 aromatic rings. The van der Waals surface area contributed by atoms with Crippen molar-refractivity contribution in [2.45, 2.75) is 142 Å². The van der Waals surface area contributed by atoms with E-state index in [1.54, 1.807) is 24.3 Å². The Balaban J connectivity index is 1.70. The van der Waals surface area contributed by atoms with Crippen molar-refractivity contribution in [2.75, 3.05) is 13.2 Å². The zero-order valence-electron chi connectivity index (χ0n) is 31.4. The lowest BCUT2D eigenvalue weighted by Crippen LogP contribution is -2.05. The number of benzene rings is 3. The summed E-state index contributed by atoms with van der Waals surface area (Å²) in [6.07, 6.45) is 34.0. The van der Waals surface area contributed by atoms with Gasteiger partial charge in [0.2, 0.25) is 0 Å². The minimum absolute atomic E-state index is 0.259. The lowest BCUT2D eigenvalue weighted by Gasteiger charge is -2.18. The molecular formula is C46H66O4. The predicted molar refractivity (Wildman–Crippen MR) is 215 cm³/mol. The molecule has 0 fully saturated rings. The van der Waals surface area contributed by atoms with Crippen LogP contribution in [-0.4, -0.2) is 23.4 Å². The third-order valence-corrected chi connectivity index (χ3v) is 9.36. The fraction of sp³-hybridized carbons (Fsp3) is 0.522. The zero-order chi connectivity index (χ0) is 35.5. The van der Waals surface area contributed by atoms with Crippen molar-refractivity contribution >= 4 is 24.3 Å². The van der Waals surface area contributed by atoms with Crippen LogP contribution >= 0.6 is 0 Å². The van der Waals surface area contributed by atoms with Gasteiger partial charge in [0.25, 0.3) is 0 Å². The number of phenolic OH excluding ortho intramolecular Hbond substituents is 2. The van der Waals surface area contributed by atoms with Crippen LogP contribution < -0.4 is 9.47 Å². The van der Waals surface area contributed by atoms with Gasteiger partial charge in [0.1, 0.15) is 11.5 Å². The van der Waals surface area contributed by atoms with Gasteiger partial charge in [0, 0.05) is 11.1 Å². The Hall–Kier alpha value is -3.66. The minimum atomic E-state index is 0.259.